The molecule has 25 heavy (non-hydrogen) atoms. The number of rotatable bonds is 7. The van der Waals surface area contributed by atoms with Gasteiger partial charge in [-0.15, -0.1) is 0 Å². The van der Waals surface area contributed by atoms with Crippen molar-refractivity contribution in [2.45, 2.75) is 26.4 Å². The van der Waals surface area contributed by atoms with E-state index in [2.05, 4.69) is 10.5 Å². The Morgan fingerprint density at radius 3 is 2.68 bits per heavy atom. The molecule has 2 rings (SSSR count). The van der Waals surface area contributed by atoms with E-state index in [4.69, 9.17) is 21.1 Å². The third-order valence-corrected chi connectivity index (χ3v) is 3.84. The minimum absolute atomic E-state index is 0.0241. The number of hydrazone groups is 1. The van der Waals surface area contributed by atoms with Gasteiger partial charge in [-0.1, -0.05) is 36.7 Å². The predicted molar refractivity (Wildman–Crippen MR) is 99.9 cm³/mol. The van der Waals surface area contributed by atoms with Crippen molar-refractivity contribution in [3.63, 3.8) is 0 Å². The Bertz CT molecular complexity index is 748. The number of halogens is 1. The highest BCUT2D eigenvalue weighted by molar-refractivity contribution is 6.32. The number of benzene rings is 2. The van der Waals surface area contributed by atoms with E-state index < -0.39 is 0 Å². The first kappa shape index (κ1) is 18.8. The van der Waals surface area contributed by atoms with E-state index in [0.29, 0.717) is 27.6 Å². The van der Waals surface area contributed by atoms with E-state index in [0.717, 1.165) is 6.42 Å². The van der Waals surface area contributed by atoms with Crippen molar-refractivity contribution < 1.29 is 14.3 Å². The first-order chi connectivity index (χ1) is 12.0. The van der Waals surface area contributed by atoms with Crippen LogP contribution in [0.4, 0.5) is 0 Å². The third kappa shape index (κ3) is 5.22. The molecular weight excluding hydrogens is 340 g/mol. The van der Waals surface area contributed by atoms with Crippen LogP contribution in [0.1, 0.15) is 36.2 Å². The molecule has 0 aliphatic heterocycles. The van der Waals surface area contributed by atoms with E-state index in [9.17, 15) is 4.79 Å². The fourth-order valence-electron chi connectivity index (χ4n) is 2.03. The molecule has 0 spiro atoms. The number of carbonyl (C=O) groups excluding carboxylic acids is 1. The number of ether oxygens (including phenoxy) is 2. The largest absolute Gasteiger partial charge is 0.493 e. The summed E-state index contributed by atoms with van der Waals surface area (Å²) in [4.78, 5) is 11.9. The molecule has 0 aliphatic rings. The molecule has 0 saturated heterocycles. The Balaban J connectivity index is 2.12. The lowest BCUT2D eigenvalue weighted by Gasteiger charge is -2.17. The van der Waals surface area contributed by atoms with Crippen LogP contribution in [-0.2, 0) is 0 Å². The van der Waals surface area contributed by atoms with Gasteiger partial charge in [-0.25, -0.2) is 5.43 Å². The SMILES string of the molecule is CC[C@H](C)Oc1c(Cl)cc(/C=N\NC(=O)c2ccccc2)cc1OC. The van der Waals surface area contributed by atoms with Crippen molar-refractivity contribution in [3.8, 4) is 11.5 Å². The van der Waals surface area contributed by atoms with Crippen LogP contribution >= 0.6 is 11.6 Å². The summed E-state index contributed by atoms with van der Waals surface area (Å²) in [5, 5.41) is 4.39. The van der Waals surface area contributed by atoms with Gasteiger partial charge in [0.1, 0.15) is 0 Å². The molecule has 2 aromatic rings. The minimum atomic E-state index is -0.286. The smallest absolute Gasteiger partial charge is 0.271 e. The van der Waals surface area contributed by atoms with Crippen LogP contribution in [0.3, 0.4) is 0 Å². The first-order valence-electron chi connectivity index (χ1n) is 7.97. The summed E-state index contributed by atoms with van der Waals surface area (Å²) in [6, 6.07) is 12.3. The van der Waals surface area contributed by atoms with Gasteiger partial charge in [0.05, 0.1) is 24.5 Å². The summed E-state index contributed by atoms with van der Waals surface area (Å²) in [5.74, 6) is 0.735. The molecule has 0 aliphatic carbocycles. The Labute approximate surface area is 152 Å². The van der Waals surface area contributed by atoms with Crippen molar-refractivity contribution in [3.05, 3.63) is 58.6 Å². The van der Waals surface area contributed by atoms with Gasteiger partial charge in [0.15, 0.2) is 11.5 Å². The van der Waals surface area contributed by atoms with Gasteiger partial charge in [0, 0.05) is 5.56 Å². The highest BCUT2D eigenvalue weighted by atomic mass is 35.5. The molecule has 0 fully saturated rings. The number of amides is 1. The van der Waals surface area contributed by atoms with Crippen LogP contribution in [0.5, 0.6) is 11.5 Å². The second-order valence-electron chi connectivity index (χ2n) is 5.44. The van der Waals surface area contributed by atoms with Crippen LogP contribution in [0.2, 0.25) is 5.02 Å². The zero-order valence-electron chi connectivity index (χ0n) is 14.5. The molecule has 132 valence electrons. The van der Waals surface area contributed by atoms with Gasteiger partial charge >= 0.3 is 0 Å². The van der Waals surface area contributed by atoms with Gasteiger partial charge in [0.25, 0.3) is 5.91 Å². The Kier molecular flexibility index (Phi) is 6.83. The maximum atomic E-state index is 11.9. The lowest BCUT2D eigenvalue weighted by atomic mass is 10.2. The van der Waals surface area contributed by atoms with E-state index in [-0.39, 0.29) is 12.0 Å². The normalized spacial score (nSPS) is 12.0. The van der Waals surface area contributed by atoms with Crippen LogP contribution in [0, 0.1) is 0 Å². The predicted octanol–water partition coefficient (Wildman–Crippen LogP) is 4.29. The zero-order valence-corrected chi connectivity index (χ0v) is 15.2. The molecule has 0 aromatic heterocycles. The molecule has 0 bridgehead atoms. The van der Waals surface area contributed by atoms with Gasteiger partial charge < -0.3 is 9.47 Å². The average Bonchev–Trinajstić information content (AvgIpc) is 2.63. The van der Waals surface area contributed by atoms with Crippen molar-refractivity contribution in [2.75, 3.05) is 7.11 Å². The van der Waals surface area contributed by atoms with Crippen LogP contribution in [-0.4, -0.2) is 25.3 Å². The number of nitrogens with one attached hydrogen (secondary N) is 1. The summed E-state index contributed by atoms with van der Waals surface area (Å²) < 4.78 is 11.2. The molecule has 1 atom stereocenters. The molecule has 2 aromatic carbocycles. The summed E-state index contributed by atoms with van der Waals surface area (Å²) in [6.45, 7) is 3.99. The number of carbonyl (C=O) groups is 1. The van der Waals surface area contributed by atoms with Gasteiger partial charge in [-0.05, 0) is 43.2 Å². The summed E-state index contributed by atoms with van der Waals surface area (Å²) >= 11 is 6.30. The summed E-state index contributed by atoms with van der Waals surface area (Å²) in [5.41, 5.74) is 3.70. The maximum absolute atomic E-state index is 11.9. The Morgan fingerprint density at radius 1 is 1.32 bits per heavy atom. The van der Waals surface area contributed by atoms with Crippen LogP contribution < -0.4 is 14.9 Å². The van der Waals surface area contributed by atoms with Gasteiger partial charge in [0.2, 0.25) is 0 Å². The topological polar surface area (TPSA) is 59.9 Å². The molecule has 6 heteroatoms. The molecule has 0 heterocycles. The zero-order chi connectivity index (χ0) is 18.2. The fraction of sp³-hybridized carbons (Fsp3) is 0.263. The molecule has 1 N–H and O–H groups in total. The highest BCUT2D eigenvalue weighted by Crippen LogP contribution is 2.37. The third-order valence-electron chi connectivity index (χ3n) is 3.56. The Hall–Kier alpha value is -2.53. The minimum Gasteiger partial charge on any atom is -0.493 e. The van der Waals surface area contributed by atoms with Gasteiger partial charge in [-0.3, -0.25) is 4.79 Å². The second kappa shape index (κ2) is 9.08. The van der Waals surface area contributed by atoms with E-state index in [1.807, 2.05) is 19.9 Å². The number of hydrogen-bond donors (Lipinski definition) is 1. The standard InChI is InChI=1S/C19H21ClN2O3/c1-4-13(2)25-18-16(20)10-14(11-17(18)24-3)12-21-22-19(23)15-8-6-5-7-9-15/h5-13H,4H2,1-3H3,(H,22,23)/b21-12-/t13-/m0/s1. The second-order valence-corrected chi connectivity index (χ2v) is 5.84. The summed E-state index contributed by atoms with van der Waals surface area (Å²) in [7, 11) is 1.55. The van der Waals surface area contributed by atoms with Crippen molar-refractivity contribution in [2.24, 2.45) is 5.10 Å². The highest BCUT2D eigenvalue weighted by Gasteiger charge is 2.14. The molecular formula is C19H21ClN2O3. The van der Waals surface area contributed by atoms with Crippen molar-refractivity contribution in [1.82, 2.24) is 5.43 Å². The fourth-order valence-corrected chi connectivity index (χ4v) is 2.30. The quantitative estimate of drug-likeness (QED) is 0.592. The maximum Gasteiger partial charge on any atom is 0.271 e. The number of methoxy groups -OCH3 is 1. The molecule has 0 radical (unpaired) electrons. The molecule has 5 nitrogen and oxygen atoms in total. The summed E-state index contributed by atoms with van der Waals surface area (Å²) in [6.07, 6.45) is 2.38. The first-order valence-corrected chi connectivity index (χ1v) is 8.35. The number of nitrogens with zero attached hydrogens (tertiary/aromatic N) is 1. The molecule has 0 saturated carbocycles. The van der Waals surface area contributed by atoms with Gasteiger partial charge in [-0.2, -0.15) is 5.10 Å². The molecule has 1 amide bonds. The monoisotopic (exact) mass is 360 g/mol. The lowest BCUT2D eigenvalue weighted by Crippen LogP contribution is -2.17. The van der Waals surface area contributed by atoms with E-state index in [1.165, 1.54) is 6.21 Å². The lowest BCUT2D eigenvalue weighted by molar-refractivity contribution is 0.0955. The van der Waals surface area contributed by atoms with Crippen LogP contribution in [0.15, 0.2) is 47.6 Å². The molecule has 0 unspecified atom stereocenters. The van der Waals surface area contributed by atoms with Crippen molar-refractivity contribution in [1.29, 1.82) is 0 Å². The number of hydrogen-bond acceptors (Lipinski definition) is 4. The Morgan fingerprint density at radius 2 is 2.04 bits per heavy atom. The van der Waals surface area contributed by atoms with E-state index >= 15 is 0 Å². The van der Waals surface area contributed by atoms with E-state index in [1.54, 1.807) is 43.5 Å². The van der Waals surface area contributed by atoms with Crippen molar-refractivity contribution >= 4 is 23.7 Å². The van der Waals surface area contributed by atoms with Crippen LogP contribution in [0.25, 0.3) is 0 Å². The average molecular weight is 361 g/mol.